The molecule has 0 aliphatic heterocycles. The summed E-state index contributed by atoms with van der Waals surface area (Å²) in [4.78, 5) is 2.66. The number of anilines is 2. The third-order valence-electron chi connectivity index (χ3n) is 16.2. The number of nitrogens with zero attached hydrogens (tertiary/aromatic N) is 1. The Balaban J connectivity index is 1.05. The van der Waals surface area contributed by atoms with Gasteiger partial charge in [-0.3, -0.25) is 0 Å². The van der Waals surface area contributed by atoms with Gasteiger partial charge in [-0.1, -0.05) is 244 Å². The molecule has 10 aromatic rings. The van der Waals surface area contributed by atoms with Gasteiger partial charge in [0.15, 0.2) is 0 Å². The molecular formula is C70H55N. The summed E-state index contributed by atoms with van der Waals surface area (Å²) in [7, 11) is 0. The molecule has 0 radical (unpaired) electrons. The number of para-hydroxylation sites is 1. The SMILES string of the molecule is CC1C=CC(C2(C)c3ccccc3-c3c2cccc3C2(C)C=CC=CC2N(c2cccc(-c3cccc4c3ccc3ccccc34)c2)c2ccccc2-c2cccc3cccc(-c4ccccc4)c23)=CC1. The topological polar surface area (TPSA) is 3.24 Å². The number of allylic oxidation sites excluding steroid dienone is 6. The van der Waals surface area contributed by atoms with Crippen molar-refractivity contribution in [3.05, 3.63) is 277 Å². The van der Waals surface area contributed by atoms with E-state index in [9.17, 15) is 0 Å². The van der Waals surface area contributed by atoms with E-state index in [0.717, 1.165) is 17.8 Å². The van der Waals surface area contributed by atoms with Crippen molar-refractivity contribution in [2.75, 3.05) is 4.90 Å². The van der Waals surface area contributed by atoms with Gasteiger partial charge in [-0.2, -0.15) is 0 Å². The highest BCUT2D eigenvalue weighted by Crippen LogP contribution is 2.58. The Labute approximate surface area is 418 Å². The van der Waals surface area contributed by atoms with Crippen LogP contribution in [0, 0.1) is 5.92 Å². The summed E-state index contributed by atoms with van der Waals surface area (Å²) in [6, 6.07) is 79.2. The first-order valence-electron chi connectivity index (χ1n) is 25.4. The molecule has 4 atom stereocenters. The van der Waals surface area contributed by atoms with Gasteiger partial charge in [-0.15, -0.1) is 0 Å². The molecule has 10 aromatic carbocycles. The predicted molar refractivity (Wildman–Crippen MR) is 303 cm³/mol. The predicted octanol–water partition coefficient (Wildman–Crippen LogP) is 18.5. The van der Waals surface area contributed by atoms with Gasteiger partial charge in [0.05, 0.1) is 6.04 Å². The van der Waals surface area contributed by atoms with Crippen molar-refractivity contribution in [3.8, 4) is 44.5 Å². The largest absolute Gasteiger partial charge is 0.333 e. The zero-order valence-corrected chi connectivity index (χ0v) is 40.6. The van der Waals surface area contributed by atoms with E-state index in [1.54, 1.807) is 0 Å². The molecule has 3 aliphatic carbocycles. The molecule has 1 nitrogen and oxygen atoms in total. The normalized spacial score (nSPS) is 20.0. The van der Waals surface area contributed by atoms with Gasteiger partial charge >= 0.3 is 0 Å². The van der Waals surface area contributed by atoms with E-state index in [-0.39, 0.29) is 11.5 Å². The molecule has 340 valence electrons. The molecule has 13 rings (SSSR count). The van der Waals surface area contributed by atoms with Crippen LogP contribution >= 0.6 is 0 Å². The minimum atomic E-state index is -0.487. The van der Waals surface area contributed by atoms with Crippen LogP contribution in [0.15, 0.2) is 260 Å². The van der Waals surface area contributed by atoms with Gasteiger partial charge in [0.2, 0.25) is 0 Å². The highest BCUT2D eigenvalue weighted by molar-refractivity contribution is 6.12. The van der Waals surface area contributed by atoms with Crippen molar-refractivity contribution in [3.63, 3.8) is 0 Å². The van der Waals surface area contributed by atoms with Gasteiger partial charge in [0.25, 0.3) is 0 Å². The Morgan fingerprint density at radius 3 is 1.97 bits per heavy atom. The summed E-state index contributed by atoms with van der Waals surface area (Å²) < 4.78 is 0. The van der Waals surface area contributed by atoms with Gasteiger partial charge in [-0.25, -0.2) is 0 Å². The molecule has 0 aromatic heterocycles. The van der Waals surface area contributed by atoms with Crippen LogP contribution < -0.4 is 4.90 Å². The van der Waals surface area contributed by atoms with E-state index in [1.807, 2.05) is 0 Å². The van der Waals surface area contributed by atoms with Crippen LogP contribution in [0.5, 0.6) is 0 Å². The first-order valence-corrected chi connectivity index (χ1v) is 25.4. The van der Waals surface area contributed by atoms with Crippen molar-refractivity contribution < 1.29 is 0 Å². The Kier molecular flexibility index (Phi) is 10.3. The number of benzene rings is 10. The van der Waals surface area contributed by atoms with E-state index in [1.165, 1.54) is 99.1 Å². The van der Waals surface area contributed by atoms with Crippen molar-refractivity contribution in [2.24, 2.45) is 5.92 Å². The molecule has 71 heavy (non-hydrogen) atoms. The Hall–Kier alpha value is -8.26. The maximum atomic E-state index is 2.66. The van der Waals surface area contributed by atoms with Crippen LogP contribution in [0.2, 0.25) is 0 Å². The van der Waals surface area contributed by atoms with Gasteiger partial charge in [0.1, 0.15) is 0 Å². The van der Waals surface area contributed by atoms with E-state index < -0.39 is 5.41 Å². The molecule has 0 amide bonds. The second kappa shape index (κ2) is 17.0. The number of hydrogen-bond acceptors (Lipinski definition) is 1. The van der Waals surface area contributed by atoms with Gasteiger partial charge in [0, 0.05) is 27.8 Å². The lowest BCUT2D eigenvalue weighted by Gasteiger charge is -2.45. The molecule has 0 N–H and O–H groups in total. The Bertz CT molecular complexity index is 3860. The lowest BCUT2D eigenvalue weighted by atomic mass is 9.68. The summed E-state index contributed by atoms with van der Waals surface area (Å²) in [6.45, 7) is 7.26. The fourth-order valence-corrected chi connectivity index (χ4v) is 12.6. The van der Waals surface area contributed by atoms with Crippen LogP contribution in [-0.2, 0) is 10.8 Å². The van der Waals surface area contributed by atoms with Gasteiger partial charge < -0.3 is 4.90 Å². The summed E-state index contributed by atoms with van der Waals surface area (Å²) in [5.41, 5.74) is 17.0. The molecule has 0 bridgehead atoms. The third-order valence-corrected chi connectivity index (χ3v) is 16.2. The van der Waals surface area contributed by atoms with Crippen LogP contribution in [0.3, 0.4) is 0 Å². The molecular weight excluding hydrogens is 855 g/mol. The minimum absolute atomic E-state index is 0.135. The maximum absolute atomic E-state index is 2.66. The number of rotatable bonds is 8. The first-order chi connectivity index (χ1) is 34.9. The summed E-state index contributed by atoms with van der Waals surface area (Å²) in [5, 5.41) is 7.53. The van der Waals surface area contributed by atoms with Crippen molar-refractivity contribution >= 4 is 43.7 Å². The van der Waals surface area contributed by atoms with Crippen molar-refractivity contribution in [1.82, 2.24) is 0 Å². The Morgan fingerprint density at radius 1 is 0.465 bits per heavy atom. The smallest absolute Gasteiger partial charge is 0.0654 e. The number of fused-ring (bicyclic) bond motifs is 7. The number of hydrogen-bond donors (Lipinski definition) is 0. The summed E-state index contributed by atoms with van der Waals surface area (Å²) in [6.07, 6.45) is 17.8. The lowest BCUT2D eigenvalue weighted by Crippen LogP contribution is -2.46. The average molecular weight is 910 g/mol. The molecule has 0 fully saturated rings. The van der Waals surface area contributed by atoms with E-state index >= 15 is 0 Å². The van der Waals surface area contributed by atoms with E-state index in [2.05, 4.69) is 281 Å². The zero-order chi connectivity index (χ0) is 47.7. The molecule has 0 heterocycles. The first kappa shape index (κ1) is 42.8. The van der Waals surface area contributed by atoms with E-state index in [4.69, 9.17) is 0 Å². The van der Waals surface area contributed by atoms with Gasteiger partial charge in [-0.05, 0) is 138 Å². The third kappa shape index (κ3) is 6.82. The summed E-state index contributed by atoms with van der Waals surface area (Å²) >= 11 is 0. The molecule has 0 saturated heterocycles. The second-order valence-corrected chi connectivity index (χ2v) is 20.3. The highest BCUT2D eigenvalue weighted by Gasteiger charge is 2.47. The zero-order valence-electron chi connectivity index (χ0n) is 40.6. The minimum Gasteiger partial charge on any atom is -0.333 e. The van der Waals surface area contributed by atoms with Crippen molar-refractivity contribution in [2.45, 2.75) is 44.1 Å². The van der Waals surface area contributed by atoms with E-state index in [0.29, 0.717) is 5.92 Å². The maximum Gasteiger partial charge on any atom is 0.0654 e. The Morgan fingerprint density at radius 2 is 1.11 bits per heavy atom. The molecule has 0 saturated carbocycles. The molecule has 4 unspecified atom stereocenters. The summed E-state index contributed by atoms with van der Waals surface area (Å²) in [5.74, 6) is 0.537. The monoisotopic (exact) mass is 909 g/mol. The fraction of sp³-hybridized carbons (Fsp3) is 0.114. The highest BCUT2D eigenvalue weighted by atomic mass is 15.2. The average Bonchev–Trinajstić information content (AvgIpc) is 3.70. The molecule has 3 aliphatic rings. The lowest BCUT2D eigenvalue weighted by molar-refractivity contribution is 0.512. The fourth-order valence-electron chi connectivity index (χ4n) is 12.6. The van der Waals surface area contributed by atoms with Crippen LogP contribution in [0.1, 0.15) is 43.9 Å². The van der Waals surface area contributed by atoms with Crippen molar-refractivity contribution in [1.29, 1.82) is 0 Å². The standard InChI is InChI=1S/C70H55N/c1-47-39-42-52(43-40-47)70(3)62-34-11-9-29-61(62)68-63(35-19-36-64(68)70)69(2)45-14-13-38-66(69)71(53-26-15-25-51(46-53)55-30-18-32-57-54-27-8-7-22-49(54)41-44-58(55)57)65-37-12-10-28-59(65)60-33-17-24-50-23-16-31-56(67(50)60)48-20-5-4-6-21-48/h4-39,41-47,66H,40H2,1-3H3. The van der Waals surface area contributed by atoms with Crippen LogP contribution in [0.25, 0.3) is 76.8 Å². The second-order valence-electron chi connectivity index (χ2n) is 20.3. The molecule has 0 spiro atoms. The quantitative estimate of drug-likeness (QED) is 0.137. The van der Waals surface area contributed by atoms with Crippen LogP contribution in [0.4, 0.5) is 11.4 Å². The van der Waals surface area contributed by atoms with Crippen LogP contribution in [-0.4, -0.2) is 6.04 Å². The molecule has 1 heteroatoms.